The Balaban J connectivity index is 1.68. The van der Waals surface area contributed by atoms with Crippen molar-refractivity contribution in [1.29, 1.82) is 0 Å². The predicted molar refractivity (Wildman–Crippen MR) is 137 cm³/mol. The molecular weight excluding hydrogens is 388 g/mol. The van der Waals surface area contributed by atoms with Crippen LogP contribution in [0.2, 0.25) is 0 Å². The zero-order valence-electron chi connectivity index (χ0n) is 18.6. The molecule has 0 radical (unpaired) electrons. The number of hydrogen-bond acceptors (Lipinski definition) is 2. The standard InChI is InChI=1S/C30H28N2/c1-24-13-17-27(18-14-24)30(28-19-15-25(2)16-20-28)21-22-31-32(29-11-7-4-8-12-29)23-26-9-5-3-6-10-26/h3-22H,23H2,1-2H3. The van der Waals surface area contributed by atoms with E-state index < -0.39 is 0 Å². The van der Waals surface area contributed by atoms with Crippen LogP contribution in [0.25, 0.3) is 5.57 Å². The van der Waals surface area contributed by atoms with Gasteiger partial charge in [-0.25, -0.2) is 0 Å². The summed E-state index contributed by atoms with van der Waals surface area (Å²) in [5.41, 5.74) is 8.30. The molecule has 0 saturated carbocycles. The van der Waals surface area contributed by atoms with Crippen LogP contribution < -0.4 is 5.01 Å². The largest absolute Gasteiger partial charge is 0.261 e. The van der Waals surface area contributed by atoms with Crippen molar-refractivity contribution < 1.29 is 0 Å². The quantitative estimate of drug-likeness (QED) is 0.226. The summed E-state index contributed by atoms with van der Waals surface area (Å²) in [5.74, 6) is 0. The van der Waals surface area contributed by atoms with E-state index in [2.05, 4.69) is 105 Å². The molecule has 0 aliphatic heterocycles. The smallest absolute Gasteiger partial charge is 0.0666 e. The van der Waals surface area contributed by atoms with Crippen molar-refractivity contribution in [2.75, 3.05) is 5.01 Å². The molecule has 0 heterocycles. The molecule has 0 spiro atoms. The lowest BCUT2D eigenvalue weighted by Crippen LogP contribution is -2.15. The second-order valence-corrected chi connectivity index (χ2v) is 7.96. The molecule has 0 aliphatic rings. The molecule has 0 N–H and O–H groups in total. The molecular formula is C30H28N2. The lowest BCUT2D eigenvalue weighted by atomic mass is 9.96. The van der Waals surface area contributed by atoms with Gasteiger partial charge in [-0.2, -0.15) is 5.10 Å². The van der Waals surface area contributed by atoms with Crippen molar-refractivity contribution in [2.24, 2.45) is 5.10 Å². The number of anilines is 1. The molecule has 32 heavy (non-hydrogen) atoms. The Morgan fingerprint density at radius 2 is 1.16 bits per heavy atom. The summed E-state index contributed by atoms with van der Waals surface area (Å²) in [6.07, 6.45) is 4.02. The second-order valence-electron chi connectivity index (χ2n) is 7.96. The minimum atomic E-state index is 0.708. The number of rotatable bonds is 7. The zero-order chi connectivity index (χ0) is 22.2. The predicted octanol–water partition coefficient (Wildman–Crippen LogP) is 7.43. The van der Waals surface area contributed by atoms with Crippen molar-refractivity contribution in [3.63, 3.8) is 0 Å². The fourth-order valence-electron chi connectivity index (χ4n) is 3.57. The van der Waals surface area contributed by atoms with E-state index >= 15 is 0 Å². The SMILES string of the molecule is Cc1ccc(C(=CC=NN(Cc2ccccc2)c2ccccc2)c2ccc(C)cc2)cc1. The highest BCUT2D eigenvalue weighted by atomic mass is 15.4. The molecule has 158 valence electrons. The normalized spacial score (nSPS) is 10.8. The highest BCUT2D eigenvalue weighted by molar-refractivity contribution is 5.91. The number of aryl methyl sites for hydroxylation is 2. The van der Waals surface area contributed by atoms with Crippen LogP contribution in [0.15, 0.2) is 120 Å². The molecule has 0 aliphatic carbocycles. The van der Waals surface area contributed by atoms with Crippen molar-refractivity contribution in [3.05, 3.63) is 143 Å². The van der Waals surface area contributed by atoms with E-state index in [9.17, 15) is 0 Å². The van der Waals surface area contributed by atoms with Gasteiger partial charge < -0.3 is 0 Å². The van der Waals surface area contributed by atoms with E-state index in [1.807, 2.05) is 35.5 Å². The van der Waals surface area contributed by atoms with Crippen LogP contribution in [0.4, 0.5) is 5.69 Å². The number of allylic oxidation sites excluding steroid dienone is 1. The monoisotopic (exact) mass is 416 g/mol. The van der Waals surface area contributed by atoms with Gasteiger partial charge in [-0.15, -0.1) is 0 Å². The van der Waals surface area contributed by atoms with E-state index in [4.69, 9.17) is 5.10 Å². The Morgan fingerprint density at radius 1 is 0.656 bits per heavy atom. The van der Waals surface area contributed by atoms with Gasteiger partial charge in [-0.1, -0.05) is 108 Å². The molecule has 4 aromatic rings. The number of benzene rings is 4. The van der Waals surface area contributed by atoms with E-state index in [0.29, 0.717) is 6.54 Å². The minimum absolute atomic E-state index is 0.708. The first-order valence-corrected chi connectivity index (χ1v) is 10.9. The van der Waals surface area contributed by atoms with Crippen molar-refractivity contribution in [2.45, 2.75) is 20.4 Å². The summed E-state index contributed by atoms with van der Waals surface area (Å²) in [5, 5.41) is 6.88. The maximum atomic E-state index is 4.85. The summed E-state index contributed by atoms with van der Waals surface area (Å²) >= 11 is 0. The maximum Gasteiger partial charge on any atom is 0.0666 e. The van der Waals surface area contributed by atoms with Gasteiger partial charge in [0.05, 0.1) is 12.2 Å². The molecule has 2 heteroatoms. The lowest BCUT2D eigenvalue weighted by molar-refractivity contribution is 0.859. The average Bonchev–Trinajstić information content (AvgIpc) is 2.84. The molecule has 2 nitrogen and oxygen atoms in total. The topological polar surface area (TPSA) is 15.6 Å². The Morgan fingerprint density at radius 3 is 1.69 bits per heavy atom. The fraction of sp³-hybridized carbons (Fsp3) is 0.100. The van der Waals surface area contributed by atoms with Crippen molar-refractivity contribution in [1.82, 2.24) is 0 Å². The van der Waals surface area contributed by atoms with Crippen molar-refractivity contribution in [3.8, 4) is 0 Å². The lowest BCUT2D eigenvalue weighted by Gasteiger charge is -2.19. The highest BCUT2D eigenvalue weighted by Crippen LogP contribution is 2.24. The van der Waals surface area contributed by atoms with Crippen LogP contribution in [0.5, 0.6) is 0 Å². The number of hydrogen-bond donors (Lipinski definition) is 0. The summed E-state index contributed by atoms with van der Waals surface area (Å²) in [6.45, 7) is 4.93. The third kappa shape index (κ3) is 5.61. The van der Waals surface area contributed by atoms with Gasteiger partial charge in [0.2, 0.25) is 0 Å². The number of nitrogens with zero attached hydrogens (tertiary/aromatic N) is 2. The molecule has 4 rings (SSSR count). The minimum Gasteiger partial charge on any atom is -0.261 e. The van der Waals surface area contributed by atoms with Gasteiger partial charge in [0.15, 0.2) is 0 Å². The van der Waals surface area contributed by atoms with Gasteiger partial charge in [0, 0.05) is 6.21 Å². The number of hydrazone groups is 1. The third-order valence-corrected chi connectivity index (χ3v) is 5.40. The summed E-state index contributed by atoms with van der Waals surface area (Å²) in [4.78, 5) is 0. The maximum absolute atomic E-state index is 4.85. The van der Waals surface area contributed by atoms with E-state index in [1.165, 1.54) is 27.8 Å². The first-order chi connectivity index (χ1) is 15.7. The third-order valence-electron chi connectivity index (χ3n) is 5.40. The first-order valence-electron chi connectivity index (χ1n) is 10.9. The van der Waals surface area contributed by atoms with Crippen LogP contribution >= 0.6 is 0 Å². The van der Waals surface area contributed by atoms with Gasteiger partial charge in [-0.05, 0) is 54.3 Å². The molecule has 0 bridgehead atoms. The highest BCUT2D eigenvalue weighted by Gasteiger charge is 2.07. The van der Waals surface area contributed by atoms with E-state index in [-0.39, 0.29) is 0 Å². The molecule has 0 amide bonds. The average molecular weight is 417 g/mol. The van der Waals surface area contributed by atoms with Gasteiger partial charge in [-0.3, -0.25) is 5.01 Å². The fourth-order valence-corrected chi connectivity index (χ4v) is 3.57. The zero-order valence-corrected chi connectivity index (χ0v) is 18.6. The van der Waals surface area contributed by atoms with Crippen molar-refractivity contribution >= 4 is 17.5 Å². The Labute approximate surface area is 191 Å². The van der Waals surface area contributed by atoms with Crippen LogP contribution in [0.3, 0.4) is 0 Å². The van der Waals surface area contributed by atoms with E-state index in [1.54, 1.807) is 0 Å². The molecule has 0 saturated heterocycles. The Kier molecular flexibility index (Phi) is 6.94. The van der Waals surface area contributed by atoms with Gasteiger partial charge in [0.25, 0.3) is 0 Å². The first kappa shape index (κ1) is 21.3. The molecule has 4 aromatic carbocycles. The van der Waals surface area contributed by atoms with Crippen LogP contribution in [0.1, 0.15) is 27.8 Å². The van der Waals surface area contributed by atoms with Crippen LogP contribution in [-0.2, 0) is 6.54 Å². The summed E-state index contributed by atoms with van der Waals surface area (Å²) in [7, 11) is 0. The van der Waals surface area contributed by atoms with Crippen LogP contribution in [0, 0.1) is 13.8 Å². The van der Waals surface area contributed by atoms with Gasteiger partial charge in [0.1, 0.15) is 0 Å². The van der Waals surface area contributed by atoms with Crippen LogP contribution in [-0.4, -0.2) is 6.21 Å². The van der Waals surface area contributed by atoms with Gasteiger partial charge >= 0.3 is 0 Å². The molecule has 0 fully saturated rings. The molecule has 0 atom stereocenters. The Bertz CT molecular complexity index is 1130. The molecule has 0 aromatic heterocycles. The van der Waals surface area contributed by atoms with E-state index in [0.717, 1.165) is 11.3 Å². The Hall–Kier alpha value is -3.91. The number of para-hydroxylation sites is 1. The molecule has 0 unspecified atom stereocenters. The summed E-state index contributed by atoms with van der Waals surface area (Å²) < 4.78 is 0. The second kappa shape index (κ2) is 10.4. The summed E-state index contributed by atoms with van der Waals surface area (Å²) in [6, 6.07) is 38.0.